The molecule has 1 atom stereocenters. The Morgan fingerprint density at radius 1 is 1.43 bits per heavy atom. The number of likely N-dealkylation sites (tertiary alicyclic amines) is 1. The van der Waals surface area contributed by atoms with Crippen molar-refractivity contribution < 1.29 is 14.0 Å². The van der Waals surface area contributed by atoms with Crippen molar-refractivity contribution in [2.45, 2.75) is 26.7 Å². The van der Waals surface area contributed by atoms with Gasteiger partial charge in [0.25, 0.3) is 5.91 Å². The van der Waals surface area contributed by atoms with Gasteiger partial charge in [-0.15, -0.1) is 0 Å². The summed E-state index contributed by atoms with van der Waals surface area (Å²) in [7, 11) is 0. The fourth-order valence-corrected chi connectivity index (χ4v) is 2.71. The van der Waals surface area contributed by atoms with Gasteiger partial charge < -0.3 is 16.0 Å². The number of anilines is 1. The second-order valence-corrected chi connectivity index (χ2v) is 6.48. The monoisotopic (exact) mass is 321 g/mol. The van der Waals surface area contributed by atoms with Crippen LogP contribution in [0.3, 0.4) is 0 Å². The van der Waals surface area contributed by atoms with Crippen LogP contribution in [0.15, 0.2) is 18.2 Å². The zero-order chi connectivity index (χ0) is 17.0. The largest absolute Gasteiger partial charge is 0.338 e. The van der Waals surface area contributed by atoms with Crippen LogP contribution >= 0.6 is 0 Å². The van der Waals surface area contributed by atoms with E-state index in [0.29, 0.717) is 37.5 Å². The lowest BCUT2D eigenvalue weighted by molar-refractivity contribution is -0.116. The maximum Gasteiger partial charge on any atom is 0.253 e. The summed E-state index contributed by atoms with van der Waals surface area (Å²) in [4.78, 5) is 25.8. The molecular weight excluding hydrogens is 297 g/mol. The number of hydrogen-bond acceptors (Lipinski definition) is 3. The predicted octanol–water partition coefficient (Wildman–Crippen LogP) is 2.23. The second kappa shape index (κ2) is 7.55. The third-order valence-corrected chi connectivity index (χ3v) is 3.99. The van der Waals surface area contributed by atoms with Crippen LogP contribution in [0.4, 0.5) is 10.1 Å². The molecule has 1 aromatic rings. The number of nitrogens with one attached hydrogen (secondary N) is 1. The van der Waals surface area contributed by atoms with E-state index < -0.39 is 5.82 Å². The molecule has 1 aliphatic rings. The number of carbonyl (C=O) groups excluding carboxylic acids is 2. The summed E-state index contributed by atoms with van der Waals surface area (Å²) in [5, 5.41) is 2.54. The van der Waals surface area contributed by atoms with Crippen molar-refractivity contribution in [1.82, 2.24) is 4.90 Å². The molecule has 0 saturated carbocycles. The third-order valence-electron chi connectivity index (χ3n) is 3.99. The van der Waals surface area contributed by atoms with E-state index in [4.69, 9.17) is 5.73 Å². The summed E-state index contributed by atoms with van der Waals surface area (Å²) < 4.78 is 14.1. The minimum atomic E-state index is -0.595. The lowest BCUT2D eigenvalue weighted by Crippen LogP contribution is -2.30. The van der Waals surface area contributed by atoms with Crippen molar-refractivity contribution in [1.29, 1.82) is 0 Å². The highest BCUT2D eigenvalue weighted by molar-refractivity contribution is 5.96. The Hall–Kier alpha value is -1.95. The van der Waals surface area contributed by atoms with E-state index in [9.17, 15) is 14.0 Å². The Bertz CT molecular complexity index is 589. The quantitative estimate of drug-likeness (QED) is 0.873. The first-order valence-corrected chi connectivity index (χ1v) is 7.99. The molecule has 126 valence electrons. The summed E-state index contributed by atoms with van der Waals surface area (Å²) in [6.07, 6.45) is 1.21. The number of halogens is 1. The van der Waals surface area contributed by atoms with Gasteiger partial charge in [-0.25, -0.2) is 4.39 Å². The Kier molecular flexibility index (Phi) is 5.71. The molecule has 1 saturated heterocycles. The molecule has 6 heteroatoms. The molecule has 1 aromatic carbocycles. The molecule has 0 spiro atoms. The number of carbonyl (C=O) groups is 2. The van der Waals surface area contributed by atoms with Crippen LogP contribution in [-0.2, 0) is 4.79 Å². The first-order chi connectivity index (χ1) is 10.9. The maximum atomic E-state index is 14.1. The minimum Gasteiger partial charge on any atom is -0.338 e. The van der Waals surface area contributed by atoms with E-state index in [1.54, 1.807) is 11.0 Å². The van der Waals surface area contributed by atoms with Crippen LogP contribution in [0.1, 0.15) is 37.0 Å². The standard InChI is InChI=1S/C17H24FN3O2/c1-11(2)7-16(22)20-15-4-3-13(8-14(15)18)17(23)21-6-5-12(9-19)10-21/h3-4,8,11-12H,5-7,9-10,19H2,1-2H3,(H,20,22). The van der Waals surface area contributed by atoms with Gasteiger partial charge in [0.1, 0.15) is 5.82 Å². The molecule has 2 amide bonds. The number of benzene rings is 1. The number of nitrogens with two attached hydrogens (primary N) is 1. The predicted molar refractivity (Wildman–Crippen MR) is 87.5 cm³/mol. The normalized spacial score (nSPS) is 17.6. The summed E-state index contributed by atoms with van der Waals surface area (Å²) in [5.74, 6) is -0.506. The number of hydrogen-bond donors (Lipinski definition) is 2. The summed E-state index contributed by atoms with van der Waals surface area (Å²) >= 11 is 0. The average Bonchev–Trinajstić information content (AvgIpc) is 2.96. The number of rotatable bonds is 5. The van der Waals surface area contributed by atoms with Crippen LogP contribution in [-0.4, -0.2) is 36.3 Å². The molecule has 0 aliphatic carbocycles. The second-order valence-electron chi connectivity index (χ2n) is 6.48. The highest BCUT2D eigenvalue weighted by Gasteiger charge is 2.26. The van der Waals surface area contributed by atoms with E-state index in [1.807, 2.05) is 13.8 Å². The van der Waals surface area contributed by atoms with Gasteiger partial charge in [0.15, 0.2) is 0 Å². The van der Waals surface area contributed by atoms with Gasteiger partial charge in [-0.05, 0) is 43.0 Å². The van der Waals surface area contributed by atoms with E-state index >= 15 is 0 Å². The van der Waals surface area contributed by atoms with E-state index in [1.165, 1.54) is 12.1 Å². The first kappa shape index (κ1) is 17.4. The fourth-order valence-electron chi connectivity index (χ4n) is 2.71. The van der Waals surface area contributed by atoms with Crippen molar-refractivity contribution in [3.05, 3.63) is 29.6 Å². The van der Waals surface area contributed by atoms with Crippen LogP contribution in [0.2, 0.25) is 0 Å². The fraction of sp³-hybridized carbons (Fsp3) is 0.529. The van der Waals surface area contributed by atoms with Gasteiger partial charge in [0.05, 0.1) is 5.69 Å². The molecule has 2 rings (SSSR count). The molecular formula is C17H24FN3O2. The summed E-state index contributed by atoms with van der Waals surface area (Å²) in [5.41, 5.74) is 6.02. The van der Waals surface area contributed by atoms with E-state index in [-0.39, 0.29) is 23.4 Å². The van der Waals surface area contributed by atoms with Gasteiger partial charge in [-0.2, -0.15) is 0 Å². The first-order valence-electron chi connectivity index (χ1n) is 7.99. The Morgan fingerprint density at radius 3 is 2.74 bits per heavy atom. The maximum absolute atomic E-state index is 14.1. The van der Waals surface area contributed by atoms with E-state index in [0.717, 1.165) is 6.42 Å². The highest BCUT2D eigenvalue weighted by Crippen LogP contribution is 2.21. The molecule has 23 heavy (non-hydrogen) atoms. The Labute approximate surface area is 136 Å². The number of nitrogens with zero attached hydrogens (tertiary/aromatic N) is 1. The lowest BCUT2D eigenvalue weighted by Gasteiger charge is -2.17. The van der Waals surface area contributed by atoms with Crippen LogP contribution in [0.25, 0.3) is 0 Å². The van der Waals surface area contributed by atoms with Gasteiger partial charge in [0.2, 0.25) is 5.91 Å². The van der Waals surface area contributed by atoms with Gasteiger partial charge in [-0.3, -0.25) is 9.59 Å². The molecule has 1 fully saturated rings. The summed E-state index contributed by atoms with van der Waals surface area (Å²) in [6.45, 7) is 5.66. The van der Waals surface area contributed by atoms with Crippen molar-refractivity contribution in [3.8, 4) is 0 Å². The summed E-state index contributed by atoms with van der Waals surface area (Å²) in [6, 6.07) is 4.17. The van der Waals surface area contributed by atoms with Crippen LogP contribution < -0.4 is 11.1 Å². The van der Waals surface area contributed by atoms with Crippen molar-refractivity contribution in [3.63, 3.8) is 0 Å². The van der Waals surface area contributed by atoms with Crippen LogP contribution in [0, 0.1) is 17.7 Å². The zero-order valence-corrected chi connectivity index (χ0v) is 13.6. The van der Waals surface area contributed by atoms with Gasteiger partial charge in [0, 0.05) is 25.1 Å². The minimum absolute atomic E-state index is 0.105. The number of amides is 2. The molecule has 1 aliphatic heterocycles. The molecule has 0 bridgehead atoms. The van der Waals surface area contributed by atoms with Gasteiger partial charge >= 0.3 is 0 Å². The van der Waals surface area contributed by atoms with E-state index in [2.05, 4.69) is 5.32 Å². The zero-order valence-electron chi connectivity index (χ0n) is 13.6. The smallest absolute Gasteiger partial charge is 0.253 e. The van der Waals surface area contributed by atoms with Crippen LogP contribution in [0.5, 0.6) is 0 Å². The SMILES string of the molecule is CC(C)CC(=O)Nc1ccc(C(=O)N2CCC(CN)C2)cc1F. The topological polar surface area (TPSA) is 75.4 Å². The Balaban J connectivity index is 2.04. The molecule has 0 radical (unpaired) electrons. The average molecular weight is 321 g/mol. The Morgan fingerprint density at radius 2 is 2.17 bits per heavy atom. The van der Waals surface area contributed by atoms with Crippen molar-refractivity contribution in [2.75, 3.05) is 25.0 Å². The highest BCUT2D eigenvalue weighted by atomic mass is 19.1. The molecule has 1 unspecified atom stereocenters. The third kappa shape index (κ3) is 4.51. The van der Waals surface area contributed by atoms with Crippen molar-refractivity contribution >= 4 is 17.5 Å². The van der Waals surface area contributed by atoms with Gasteiger partial charge in [-0.1, -0.05) is 13.8 Å². The lowest BCUT2D eigenvalue weighted by atomic mass is 10.1. The molecule has 5 nitrogen and oxygen atoms in total. The molecule has 3 N–H and O–H groups in total. The molecule has 0 aromatic heterocycles. The molecule has 1 heterocycles. The van der Waals surface area contributed by atoms with Crippen molar-refractivity contribution in [2.24, 2.45) is 17.6 Å².